The zero-order valence-corrected chi connectivity index (χ0v) is 15.2. The van der Waals surface area contributed by atoms with Gasteiger partial charge in [-0.1, -0.05) is 18.2 Å². The molecule has 150 valence electrons. The average Bonchev–Trinajstić information content (AvgIpc) is 2.67. The van der Waals surface area contributed by atoms with Crippen molar-refractivity contribution in [2.24, 2.45) is 0 Å². The Morgan fingerprint density at radius 2 is 1.71 bits per heavy atom. The predicted octanol–water partition coefficient (Wildman–Crippen LogP) is 3.03. The molecular formula is C19H19F2NO6. The maximum atomic E-state index is 12.4. The van der Waals surface area contributed by atoms with E-state index in [0.29, 0.717) is 17.1 Å². The topological polar surface area (TPSA) is 83.1 Å². The molecule has 28 heavy (non-hydrogen) atoms. The zero-order valence-electron chi connectivity index (χ0n) is 15.2. The van der Waals surface area contributed by atoms with Gasteiger partial charge in [-0.15, -0.1) is 0 Å². The van der Waals surface area contributed by atoms with E-state index < -0.39 is 25.1 Å². The molecule has 0 aliphatic heterocycles. The highest BCUT2D eigenvalue weighted by atomic mass is 19.3. The van der Waals surface area contributed by atoms with Gasteiger partial charge in [0, 0.05) is 0 Å². The van der Waals surface area contributed by atoms with Crippen LogP contribution >= 0.6 is 0 Å². The van der Waals surface area contributed by atoms with Gasteiger partial charge in [-0.2, -0.15) is 8.78 Å². The molecule has 0 saturated carbocycles. The first-order valence-corrected chi connectivity index (χ1v) is 8.13. The SMILES string of the molecule is COc1ccc(CC(=O)OCC(=O)Nc2ccccc2OC(F)F)cc1OC. The number of esters is 1. The van der Waals surface area contributed by atoms with E-state index in [4.69, 9.17) is 14.2 Å². The van der Waals surface area contributed by atoms with Crippen molar-refractivity contribution in [3.05, 3.63) is 48.0 Å². The van der Waals surface area contributed by atoms with Crippen LogP contribution in [0.1, 0.15) is 5.56 Å². The Hall–Kier alpha value is -3.36. The summed E-state index contributed by atoms with van der Waals surface area (Å²) in [5.41, 5.74) is 0.655. The second kappa shape index (κ2) is 10.1. The fourth-order valence-electron chi connectivity index (χ4n) is 2.31. The molecular weight excluding hydrogens is 376 g/mol. The first kappa shape index (κ1) is 20.9. The Kier molecular flexibility index (Phi) is 7.55. The van der Waals surface area contributed by atoms with Crippen molar-refractivity contribution in [3.8, 4) is 17.2 Å². The maximum Gasteiger partial charge on any atom is 0.387 e. The van der Waals surface area contributed by atoms with Crippen LogP contribution in [0, 0.1) is 0 Å². The van der Waals surface area contributed by atoms with Crippen LogP contribution in [0.15, 0.2) is 42.5 Å². The van der Waals surface area contributed by atoms with Gasteiger partial charge in [-0.3, -0.25) is 9.59 Å². The summed E-state index contributed by atoms with van der Waals surface area (Å²) in [7, 11) is 2.97. The first-order valence-electron chi connectivity index (χ1n) is 8.13. The minimum Gasteiger partial charge on any atom is -0.493 e. The summed E-state index contributed by atoms with van der Waals surface area (Å²) < 4.78 is 44.3. The summed E-state index contributed by atoms with van der Waals surface area (Å²) in [6.45, 7) is -3.60. The van der Waals surface area contributed by atoms with Crippen molar-refractivity contribution < 1.29 is 37.3 Å². The zero-order chi connectivity index (χ0) is 20.5. The standard InChI is InChI=1S/C19H19F2NO6/c1-25-15-8-7-12(9-16(15)26-2)10-18(24)27-11-17(23)22-13-5-3-4-6-14(13)28-19(20)21/h3-9,19H,10-11H2,1-2H3,(H,22,23). The molecule has 1 N–H and O–H groups in total. The smallest absolute Gasteiger partial charge is 0.387 e. The molecule has 0 radical (unpaired) electrons. The summed E-state index contributed by atoms with van der Waals surface area (Å²) >= 11 is 0. The molecule has 2 aromatic carbocycles. The van der Waals surface area contributed by atoms with Gasteiger partial charge in [0.05, 0.1) is 26.3 Å². The fraction of sp³-hybridized carbons (Fsp3) is 0.263. The quantitative estimate of drug-likeness (QED) is 0.657. The second-order valence-electron chi connectivity index (χ2n) is 5.45. The minimum absolute atomic E-state index is 0.0451. The lowest BCUT2D eigenvalue weighted by Gasteiger charge is -2.12. The van der Waals surface area contributed by atoms with Crippen molar-refractivity contribution >= 4 is 17.6 Å². The van der Waals surface area contributed by atoms with E-state index in [0.717, 1.165) is 0 Å². The fourth-order valence-corrected chi connectivity index (χ4v) is 2.31. The van der Waals surface area contributed by atoms with Crippen molar-refractivity contribution in [2.45, 2.75) is 13.0 Å². The van der Waals surface area contributed by atoms with Crippen LogP contribution in [0.4, 0.5) is 14.5 Å². The predicted molar refractivity (Wildman–Crippen MR) is 95.9 cm³/mol. The summed E-state index contributed by atoms with van der Waals surface area (Å²) in [5, 5.41) is 2.36. The molecule has 0 heterocycles. The van der Waals surface area contributed by atoms with E-state index in [1.54, 1.807) is 18.2 Å². The molecule has 7 nitrogen and oxygen atoms in total. The minimum atomic E-state index is -3.03. The van der Waals surface area contributed by atoms with Gasteiger partial charge in [0.25, 0.3) is 5.91 Å². The Morgan fingerprint density at radius 1 is 1.00 bits per heavy atom. The molecule has 2 rings (SSSR count). The monoisotopic (exact) mass is 395 g/mol. The third-order valence-corrected chi connectivity index (χ3v) is 3.54. The molecule has 0 atom stereocenters. The third kappa shape index (κ3) is 6.11. The van der Waals surface area contributed by atoms with Gasteiger partial charge >= 0.3 is 12.6 Å². The number of halogens is 2. The normalized spacial score (nSPS) is 10.3. The van der Waals surface area contributed by atoms with Gasteiger partial charge in [-0.25, -0.2) is 0 Å². The lowest BCUT2D eigenvalue weighted by molar-refractivity contribution is -0.146. The van der Waals surface area contributed by atoms with Crippen molar-refractivity contribution in [3.63, 3.8) is 0 Å². The highest BCUT2D eigenvalue weighted by molar-refractivity contribution is 5.94. The third-order valence-electron chi connectivity index (χ3n) is 3.54. The number of carbonyl (C=O) groups excluding carboxylic acids is 2. The molecule has 0 fully saturated rings. The number of alkyl halides is 2. The Balaban J connectivity index is 1.89. The van der Waals surface area contributed by atoms with Crippen LogP contribution in [-0.4, -0.2) is 39.3 Å². The molecule has 0 aromatic heterocycles. The summed E-state index contributed by atoms with van der Waals surface area (Å²) in [6, 6.07) is 10.6. The van der Waals surface area contributed by atoms with Crippen molar-refractivity contribution in [2.75, 3.05) is 26.1 Å². The van der Waals surface area contributed by atoms with E-state index in [9.17, 15) is 18.4 Å². The van der Waals surface area contributed by atoms with Gasteiger partial charge < -0.3 is 24.3 Å². The lowest BCUT2D eigenvalue weighted by Crippen LogP contribution is -2.22. The van der Waals surface area contributed by atoms with E-state index in [1.165, 1.54) is 38.5 Å². The summed E-state index contributed by atoms with van der Waals surface area (Å²) in [6.07, 6.45) is -0.0846. The number of methoxy groups -OCH3 is 2. The molecule has 0 saturated heterocycles. The van der Waals surface area contributed by atoms with Crippen molar-refractivity contribution in [1.29, 1.82) is 0 Å². The largest absolute Gasteiger partial charge is 0.493 e. The van der Waals surface area contributed by atoms with Crippen LogP contribution in [0.25, 0.3) is 0 Å². The number of benzene rings is 2. The average molecular weight is 395 g/mol. The number of hydrogen-bond donors (Lipinski definition) is 1. The lowest BCUT2D eigenvalue weighted by atomic mass is 10.1. The van der Waals surface area contributed by atoms with E-state index in [-0.39, 0.29) is 17.9 Å². The number of para-hydroxylation sites is 2. The summed E-state index contributed by atoms with van der Waals surface area (Å²) in [5.74, 6) is -0.544. The number of hydrogen-bond acceptors (Lipinski definition) is 6. The van der Waals surface area contributed by atoms with E-state index >= 15 is 0 Å². The molecule has 2 aromatic rings. The molecule has 1 amide bonds. The first-order chi connectivity index (χ1) is 13.4. The van der Waals surface area contributed by atoms with Gasteiger partial charge in [-0.05, 0) is 29.8 Å². The van der Waals surface area contributed by atoms with Gasteiger partial charge in [0.2, 0.25) is 0 Å². The highest BCUT2D eigenvalue weighted by Gasteiger charge is 2.14. The van der Waals surface area contributed by atoms with E-state index in [2.05, 4.69) is 10.1 Å². The number of carbonyl (C=O) groups is 2. The van der Waals surface area contributed by atoms with Crippen LogP contribution in [0.3, 0.4) is 0 Å². The van der Waals surface area contributed by atoms with Crippen LogP contribution < -0.4 is 19.5 Å². The van der Waals surface area contributed by atoms with Crippen LogP contribution in [0.2, 0.25) is 0 Å². The number of rotatable bonds is 9. The second-order valence-corrected chi connectivity index (χ2v) is 5.45. The Morgan fingerprint density at radius 3 is 2.39 bits per heavy atom. The van der Waals surface area contributed by atoms with E-state index in [1.807, 2.05) is 0 Å². The number of anilines is 1. The molecule has 0 bridgehead atoms. The molecule has 0 aliphatic rings. The van der Waals surface area contributed by atoms with Gasteiger partial charge in [0.1, 0.15) is 5.75 Å². The van der Waals surface area contributed by atoms with Crippen molar-refractivity contribution in [1.82, 2.24) is 0 Å². The molecule has 0 spiro atoms. The van der Waals surface area contributed by atoms with Crippen LogP contribution in [0.5, 0.6) is 17.2 Å². The Labute approximate surface area is 160 Å². The molecule has 0 aliphatic carbocycles. The molecule has 9 heteroatoms. The highest BCUT2D eigenvalue weighted by Crippen LogP contribution is 2.28. The van der Waals surface area contributed by atoms with Gasteiger partial charge in [0.15, 0.2) is 18.1 Å². The Bertz CT molecular complexity index is 828. The van der Waals surface area contributed by atoms with Crippen LogP contribution in [-0.2, 0) is 20.7 Å². The number of amides is 1. The maximum absolute atomic E-state index is 12.4. The number of ether oxygens (including phenoxy) is 4. The number of nitrogens with one attached hydrogen (secondary N) is 1. The molecule has 0 unspecified atom stereocenters. The summed E-state index contributed by atoms with van der Waals surface area (Å²) in [4.78, 5) is 23.9.